The van der Waals surface area contributed by atoms with Gasteiger partial charge in [-0.2, -0.15) is 0 Å². The van der Waals surface area contributed by atoms with E-state index in [-0.39, 0.29) is 0 Å². The number of imidazole rings is 1. The van der Waals surface area contributed by atoms with Gasteiger partial charge in [-0.15, -0.1) is 0 Å². The van der Waals surface area contributed by atoms with E-state index < -0.39 is 0 Å². The summed E-state index contributed by atoms with van der Waals surface area (Å²) in [7, 11) is 1.64. The van der Waals surface area contributed by atoms with E-state index in [9.17, 15) is 0 Å². The fraction of sp³-hybridized carbons (Fsp3) is 0.357. The molecule has 0 spiro atoms. The van der Waals surface area contributed by atoms with E-state index in [4.69, 9.17) is 16.3 Å². The molecule has 0 aliphatic heterocycles. The number of rotatable bonds is 5. The van der Waals surface area contributed by atoms with Crippen LogP contribution in [0, 0.1) is 0 Å². The highest BCUT2D eigenvalue weighted by Crippen LogP contribution is 2.27. The van der Waals surface area contributed by atoms with E-state index in [1.165, 1.54) is 0 Å². The molecule has 0 radical (unpaired) electrons. The number of aromatic nitrogens is 2. The van der Waals surface area contributed by atoms with Crippen molar-refractivity contribution in [3.8, 4) is 5.75 Å². The van der Waals surface area contributed by atoms with Gasteiger partial charge >= 0.3 is 0 Å². The topological polar surface area (TPSA) is 39.1 Å². The quantitative estimate of drug-likeness (QED) is 0.906. The second-order valence-corrected chi connectivity index (χ2v) is 4.99. The Morgan fingerprint density at radius 2 is 2.21 bits per heavy atom. The predicted molar refractivity (Wildman–Crippen MR) is 77.9 cm³/mol. The van der Waals surface area contributed by atoms with Gasteiger partial charge in [-0.25, -0.2) is 4.98 Å². The SMILES string of the molecule is COc1ccc(Cl)c(NCc2cncn2C(C)C)c1. The molecule has 0 amide bonds. The molecule has 0 atom stereocenters. The third-order valence-corrected chi connectivity index (χ3v) is 3.27. The molecule has 0 bridgehead atoms. The van der Waals surface area contributed by atoms with Gasteiger partial charge in [0.15, 0.2) is 0 Å². The Kier molecular flexibility index (Phi) is 4.32. The summed E-state index contributed by atoms with van der Waals surface area (Å²) in [5.74, 6) is 0.782. The lowest BCUT2D eigenvalue weighted by atomic mass is 10.3. The predicted octanol–water partition coefficient (Wildman–Crippen LogP) is 3.74. The Labute approximate surface area is 118 Å². The van der Waals surface area contributed by atoms with E-state index in [1.54, 1.807) is 7.11 Å². The van der Waals surface area contributed by atoms with Gasteiger partial charge in [0, 0.05) is 18.3 Å². The maximum absolute atomic E-state index is 6.16. The van der Waals surface area contributed by atoms with E-state index in [0.29, 0.717) is 17.6 Å². The van der Waals surface area contributed by atoms with Crippen molar-refractivity contribution in [2.24, 2.45) is 0 Å². The van der Waals surface area contributed by atoms with E-state index in [0.717, 1.165) is 17.1 Å². The first-order chi connectivity index (χ1) is 9.11. The molecule has 1 N–H and O–H groups in total. The Bertz CT molecular complexity index is 551. The molecule has 4 nitrogen and oxygen atoms in total. The molecule has 2 aromatic rings. The first-order valence-electron chi connectivity index (χ1n) is 6.20. The zero-order valence-electron chi connectivity index (χ0n) is 11.4. The molecule has 0 saturated carbocycles. The van der Waals surface area contributed by atoms with Crippen LogP contribution in [0.4, 0.5) is 5.69 Å². The van der Waals surface area contributed by atoms with Crippen molar-refractivity contribution in [2.45, 2.75) is 26.4 Å². The highest BCUT2D eigenvalue weighted by molar-refractivity contribution is 6.33. The van der Waals surface area contributed by atoms with Gasteiger partial charge in [-0.3, -0.25) is 0 Å². The van der Waals surface area contributed by atoms with Crippen molar-refractivity contribution in [1.82, 2.24) is 9.55 Å². The summed E-state index contributed by atoms with van der Waals surface area (Å²) in [5.41, 5.74) is 1.98. The number of hydrogen-bond donors (Lipinski definition) is 1. The molecular formula is C14H18ClN3O. The van der Waals surface area contributed by atoms with Crippen LogP contribution in [0.15, 0.2) is 30.7 Å². The first kappa shape index (κ1) is 13.7. The molecular weight excluding hydrogens is 262 g/mol. The van der Waals surface area contributed by atoms with Crippen LogP contribution in [0.3, 0.4) is 0 Å². The van der Waals surface area contributed by atoms with Crippen molar-refractivity contribution in [2.75, 3.05) is 12.4 Å². The minimum atomic E-state index is 0.389. The van der Waals surface area contributed by atoms with Gasteiger partial charge in [0.25, 0.3) is 0 Å². The second kappa shape index (κ2) is 5.97. The molecule has 19 heavy (non-hydrogen) atoms. The number of nitrogens with one attached hydrogen (secondary N) is 1. The van der Waals surface area contributed by atoms with Crippen LogP contribution in [0.25, 0.3) is 0 Å². The molecule has 0 unspecified atom stereocenters. The van der Waals surface area contributed by atoms with Gasteiger partial charge in [0.1, 0.15) is 5.75 Å². The molecule has 5 heteroatoms. The minimum Gasteiger partial charge on any atom is -0.497 e. The summed E-state index contributed by atoms with van der Waals surface area (Å²) < 4.78 is 7.32. The van der Waals surface area contributed by atoms with E-state index >= 15 is 0 Å². The second-order valence-electron chi connectivity index (χ2n) is 4.59. The maximum atomic E-state index is 6.16. The summed E-state index contributed by atoms with van der Waals surface area (Å²) in [4.78, 5) is 4.18. The fourth-order valence-electron chi connectivity index (χ4n) is 1.89. The zero-order valence-corrected chi connectivity index (χ0v) is 12.1. The monoisotopic (exact) mass is 279 g/mol. The molecule has 2 rings (SSSR count). The van der Waals surface area contributed by atoms with Crippen molar-refractivity contribution >= 4 is 17.3 Å². The summed E-state index contributed by atoms with van der Waals surface area (Å²) in [6.45, 7) is 4.93. The van der Waals surface area contributed by atoms with Crippen LogP contribution in [-0.2, 0) is 6.54 Å². The molecule has 0 aliphatic carbocycles. The summed E-state index contributed by atoms with van der Waals surface area (Å²) >= 11 is 6.16. The van der Waals surface area contributed by atoms with E-state index in [1.807, 2.05) is 30.7 Å². The van der Waals surface area contributed by atoms with Crippen LogP contribution in [0.5, 0.6) is 5.75 Å². The van der Waals surface area contributed by atoms with Gasteiger partial charge in [0.2, 0.25) is 0 Å². The first-order valence-corrected chi connectivity index (χ1v) is 6.57. The van der Waals surface area contributed by atoms with Crippen LogP contribution in [0.1, 0.15) is 25.6 Å². The molecule has 0 aliphatic rings. The smallest absolute Gasteiger partial charge is 0.121 e. The number of halogens is 1. The standard InChI is InChI=1S/C14H18ClN3O/c1-10(2)18-9-16-7-11(18)8-17-14-6-12(19-3)4-5-13(14)15/h4-7,9-10,17H,8H2,1-3H3. The van der Waals surface area contributed by atoms with Crippen LogP contribution in [-0.4, -0.2) is 16.7 Å². The lowest BCUT2D eigenvalue weighted by molar-refractivity contribution is 0.415. The van der Waals surface area contributed by atoms with Crippen molar-refractivity contribution in [1.29, 1.82) is 0 Å². The molecule has 0 fully saturated rings. The Morgan fingerprint density at radius 3 is 2.89 bits per heavy atom. The molecule has 1 heterocycles. The molecule has 1 aromatic heterocycles. The highest BCUT2D eigenvalue weighted by atomic mass is 35.5. The Morgan fingerprint density at radius 1 is 1.42 bits per heavy atom. The number of ether oxygens (including phenoxy) is 1. The third-order valence-electron chi connectivity index (χ3n) is 2.94. The largest absolute Gasteiger partial charge is 0.497 e. The minimum absolute atomic E-state index is 0.389. The van der Waals surface area contributed by atoms with Gasteiger partial charge in [-0.1, -0.05) is 11.6 Å². The van der Waals surface area contributed by atoms with Crippen LogP contribution in [0.2, 0.25) is 5.02 Å². The highest BCUT2D eigenvalue weighted by Gasteiger charge is 2.07. The van der Waals surface area contributed by atoms with Gasteiger partial charge in [0.05, 0.1) is 36.4 Å². The van der Waals surface area contributed by atoms with Gasteiger partial charge < -0.3 is 14.6 Å². The third kappa shape index (κ3) is 3.20. The number of hydrogen-bond acceptors (Lipinski definition) is 3. The zero-order chi connectivity index (χ0) is 13.8. The van der Waals surface area contributed by atoms with Crippen molar-refractivity contribution in [3.63, 3.8) is 0 Å². The number of benzene rings is 1. The molecule has 102 valence electrons. The Hall–Kier alpha value is -1.68. The maximum Gasteiger partial charge on any atom is 0.121 e. The lowest BCUT2D eigenvalue weighted by Crippen LogP contribution is -2.09. The molecule has 1 aromatic carbocycles. The fourth-order valence-corrected chi connectivity index (χ4v) is 2.07. The summed E-state index contributed by atoms with van der Waals surface area (Å²) in [6, 6.07) is 5.94. The number of nitrogens with zero attached hydrogens (tertiary/aromatic N) is 2. The van der Waals surface area contributed by atoms with E-state index in [2.05, 4.69) is 28.7 Å². The summed E-state index contributed by atoms with van der Waals surface area (Å²) in [5, 5.41) is 3.99. The lowest BCUT2D eigenvalue weighted by Gasteiger charge is -2.14. The van der Waals surface area contributed by atoms with Crippen molar-refractivity contribution < 1.29 is 4.74 Å². The molecule has 0 saturated heterocycles. The summed E-state index contributed by atoms with van der Waals surface area (Å²) in [6.07, 6.45) is 3.70. The van der Waals surface area contributed by atoms with Crippen molar-refractivity contribution in [3.05, 3.63) is 41.4 Å². The van der Waals surface area contributed by atoms with Crippen LogP contribution >= 0.6 is 11.6 Å². The average Bonchev–Trinajstić information content (AvgIpc) is 2.86. The normalized spacial score (nSPS) is 10.8. The van der Waals surface area contributed by atoms with Crippen LogP contribution < -0.4 is 10.1 Å². The number of methoxy groups -OCH3 is 1. The average molecular weight is 280 g/mol. The number of anilines is 1. The Balaban J connectivity index is 2.12. The van der Waals surface area contributed by atoms with Gasteiger partial charge in [-0.05, 0) is 26.0 Å².